The molecular weight excluding hydrogens is 666 g/mol. The maximum atomic E-state index is 13.9. The van der Waals surface area contributed by atoms with Gasteiger partial charge in [0.25, 0.3) is 11.7 Å². The molecule has 9 unspecified atom stereocenters. The van der Waals surface area contributed by atoms with Gasteiger partial charge in [0.2, 0.25) is 5.78 Å². The zero-order chi connectivity index (χ0) is 38.1. The Morgan fingerprint density at radius 2 is 1.65 bits per heavy atom. The summed E-state index contributed by atoms with van der Waals surface area (Å²) in [5.74, 6) is -9.68. The molecule has 3 heterocycles. The molecule has 51 heavy (non-hydrogen) atoms. The van der Waals surface area contributed by atoms with Crippen LogP contribution in [0.5, 0.6) is 11.5 Å². The topological polar surface area (TPSA) is 215 Å². The monoisotopic (exact) mass is 711 g/mol. The number of carbonyl (C=O) groups excluding carboxylic acids is 5. The van der Waals surface area contributed by atoms with E-state index in [4.69, 9.17) is 18.9 Å². The maximum Gasteiger partial charge on any atom is 0.312 e. The molecule has 9 atom stereocenters. The summed E-state index contributed by atoms with van der Waals surface area (Å²) in [5.41, 5.74) is -1.94. The number of benzene rings is 1. The number of methoxy groups -OCH3 is 1. The number of ether oxygens (including phenoxy) is 4. The number of rotatable bonds is 3. The Morgan fingerprint density at radius 1 is 0.980 bits per heavy atom. The summed E-state index contributed by atoms with van der Waals surface area (Å²) in [6.07, 6.45) is 3.65. The molecule has 14 heteroatoms. The molecule has 0 saturated heterocycles. The van der Waals surface area contributed by atoms with E-state index in [0.29, 0.717) is 0 Å². The molecule has 0 saturated carbocycles. The van der Waals surface area contributed by atoms with E-state index in [1.54, 1.807) is 33.8 Å². The molecule has 0 aromatic heterocycles. The quantitative estimate of drug-likeness (QED) is 0.286. The highest BCUT2D eigenvalue weighted by Crippen LogP contribution is 2.47. The van der Waals surface area contributed by atoms with Crippen LogP contribution in [0.4, 0.5) is 0 Å². The van der Waals surface area contributed by atoms with Gasteiger partial charge >= 0.3 is 11.8 Å². The van der Waals surface area contributed by atoms with E-state index in [2.05, 4.69) is 5.32 Å². The highest BCUT2D eigenvalue weighted by atomic mass is 16.7. The van der Waals surface area contributed by atoms with E-state index >= 15 is 0 Å². The van der Waals surface area contributed by atoms with E-state index in [0.717, 1.165) is 12.3 Å². The van der Waals surface area contributed by atoms with Crippen LogP contribution in [0.1, 0.15) is 78.2 Å². The molecule has 0 spiro atoms. The van der Waals surface area contributed by atoms with Crippen LogP contribution in [0.25, 0.3) is 0 Å². The van der Waals surface area contributed by atoms with E-state index < -0.39 is 112 Å². The maximum absolute atomic E-state index is 13.9. The summed E-state index contributed by atoms with van der Waals surface area (Å²) in [4.78, 5) is 66.3. The fourth-order valence-corrected chi connectivity index (χ4v) is 6.70. The Kier molecular flexibility index (Phi) is 11.8. The van der Waals surface area contributed by atoms with E-state index in [9.17, 15) is 44.4 Å². The smallest absolute Gasteiger partial charge is 0.312 e. The number of phenolic OH excluding ortho intramolecular Hbond substituents is 1. The summed E-state index contributed by atoms with van der Waals surface area (Å²) >= 11 is 0. The van der Waals surface area contributed by atoms with Gasteiger partial charge in [0.15, 0.2) is 5.78 Å². The highest BCUT2D eigenvalue weighted by Gasteiger charge is 2.51. The molecule has 14 nitrogen and oxygen atoms in total. The van der Waals surface area contributed by atoms with Crippen molar-refractivity contribution in [2.24, 2.45) is 23.7 Å². The number of hydrogen-bond donors (Lipinski definition) is 5. The third-order valence-electron chi connectivity index (χ3n) is 9.86. The van der Waals surface area contributed by atoms with Crippen LogP contribution in [-0.4, -0.2) is 93.6 Å². The predicted octanol–water partition coefficient (Wildman–Crippen LogP) is 2.60. The zero-order valence-electron chi connectivity index (χ0n) is 29.8. The second-order valence-corrected chi connectivity index (χ2v) is 13.4. The number of amides is 1. The predicted molar refractivity (Wildman–Crippen MR) is 181 cm³/mol. The molecule has 5 bridgehead atoms. The molecular formula is C37H45NO13. The minimum atomic E-state index is -2.06. The number of phenols is 1. The molecule has 5 rings (SSSR count). The van der Waals surface area contributed by atoms with E-state index in [1.165, 1.54) is 46.1 Å². The van der Waals surface area contributed by atoms with Crippen molar-refractivity contribution in [2.75, 3.05) is 13.7 Å². The lowest BCUT2D eigenvalue weighted by Gasteiger charge is -2.38. The first-order valence-electron chi connectivity index (χ1n) is 16.5. The van der Waals surface area contributed by atoms with Gasteiger partial charge in [-0.05, 0) is 13.0 Å². The van der Waals surface area contributed by atoms with Gasteiger partial charge in [-0.3, -0.25) is 24.0 Å². The molecule has 0 radical (unpaired) electrons. The van der Waals surface area contributed by atoms with Crippen molar-refractivity contribution in [1.29, 1.82) is 0 Å². The Balaban J connectivity index is 1.85. The molecule has 4 aliphatic rings. The summed E-state index contributed by atoms with van der Waals surface area (Å²) in [6, 6.07) is 0. The minimum Gasteiger partial charge on any atom is -0.507 e. The first kappa shape index (κ1) is 39.2. The van der Waals surface area contributed by atoms with E-state index in [1.807, 2.05) is 0 Å². The molecule has 1 aliphatic carbocycles. The van der Waals surface area contributed by atoms with Crippen molar-refractivity contribution >= 4 is 29.2 Å². The Hall–Kier alpha value is -4.63. The summed E-state index contributed by atoms with van der Waals surface area (Å²) < 4.78 is 23.0. The van der Waals surface area contributed by atoms with Gasteiger partial charge in [-0.1, -0.05) is 45.9 Å². The van der Waals surface area contributed by atoms with Crippen LogP contribution in [0.2, 0.25) is 0 Å². The number of nitrogens with one attached hydrogen (secondary N) is 1. The van der Waals surface area contributed by atoms with Crippen LogP contribution in [0, 0.1) is 30.6 Å². The van der Waals surface area contributed by atoms with Gasteiger partial charge in [-0.2, -0.15) is 0 Å². The number of allylic oxidation sites excluding steroid dienone is 4. The van der Waals surface area contributed by atoms with Gasteiger partial charge in [-0.25, -0.2) is 0 Å². The van der Waals surface area contributed by atoms with Gasteiger partial charge in [0.1, 0.15) is 17.6 Å². The standard InChI is InChI=1S/C37H45NO13/c1-16-10-9-11-22(15-39)36(47)38-23-14-24(41)26-27(32(23)45)31(44)20(5)34-28(26)35(46)37(7,51-34)49-13-12-25(48-8)17(2)33(50-21(6)40)19(4)30(43)18(3)29(16)42/h9-14,16-19,25,29-30,33,39,42-44H,15H2,1-8H3,(H,38,47). The van der Waals surface area contributed by atoms with Gasteiger partial charge in [0.05, 0.1) is 53.6 Å². The van der Waals surface area contributed by atoms with Gasteiger partial charge < -0.3 is 44.7 Å². The number of aliphatic hydroxyl groups excluding tert-OH is 3. The van der Waals surface area contributed by atoms with Gasteiger partial charge in [-0.15, -0.1) is 0 Å². The second-order valence-electron chi connectivity index (χ2n) is 13.4. The largest absolute Gasteiger partial charge is 0.507 e. The Bertz CT molecular complexity index is 1740. The van der Waals surface area contributed by atoms with Crippen LogP contribution in [-0.2, 0) is 23.8 Å². The Morgan fingerprint density at radius 3 is 2.25 bits per heavy atom. The van der Waals surface area contributed by atoms with Crippen molar-refractivity contribution in [3.63, 3.8) is 0 Å². The fourth-order valence-electron chi connectivity index (χ4n) is 6.70. The lowest BCUT2D eigenvalue weighted by Crippen LogP contribution is -2.46. The third kappa shape index (κ3) is 7.40. The number of aromatic hydroxyl groups is 1. The first-order chi connectivity index (χ1) is 23.9. The highest BCUT2D eigenvalue weighted by molar-refractivity contribution is 6.30. The molecule has 1 aromatic rings. The Labute approximate surface area is 295 Å². The van der Waals surface area contributed by atoms with Crippen LogP contribution in [0.15, 0.2) is 47.9 Å². The van der Waals surface area contributed by atoms with Crippen molar-refractivity contribution in [3.8, 4) is 11.5 Å². The summed E-state index contributed by atoms with van der Waals surface area (Å²) in [5, 5.41) is 45.9. The van der Waals surface area contributed by atoms with Crippen molar-refractivity contribution in [2.45, 2.75) is 78.7 Å². The summed E-state index contributed by atoms with van der Waals surface area (Å²) in [6.45, 7) is 9.87. The third-order valence-corrected chi connectivity index (χ3v) is 9.86. The van der Waals surface area contributed by atoms with Gasteiger partial charge in [0, 0.05) is 61.8 Å². The van der Waals surface area contributed by atoms with Crippen molar-refractivity contribution < 1.29 is 63.3 Å². The SMILES string of the molecule is COC1C=COC2(C)Oc3c(C)c(O)c4c(c3C2=O)C(=O)C=C(NC(=O)C(CO)=CC=CC(C)C(O)C(C)C(O)C(C)C(OC(C)=O)C1C)C4=O. The van der Waals surface area contributed by atoms with Crippen LogP contribution in [0.3, 0.4) is 0 Å². The van der Waals surface area contributed by atoms with Crippen LogP contribution < -0.4 is 10.1 Å². The molecule has 1 amide bonds. The summed E-state index contributed by atoms with van der Waals surface area (Å²) in [7, 11) is 1.41. The van der Waals surface area contributed by atoms with Crippen molar-refractivity contribution in [3.05, 3.63) is 70.2 Å². The minimum absolute atomic E-state index is 0.0283. The molecule has 3 aliphatic heterocycles. The molecule has 276 valence electrons. The molecule has 5 N–H and O–H groups in total. The number of hydrogen-bond acceptors (Lipinski definition) is 13. The first-order valence-corrected chi connectivity index (χ1v) is 16.5. The number of ketones is 3. The molecule has 0 fully saturated rings. The average Bonchev–Trinajstić information content (AvgIpc) is 3.35. The lowest BCUT2D eigenvalue weighted by molar-refractivity contribution is -0.160. The van der Waals surface area contributed by atoms with Crippen molar-refractivity contribution in [1.82, 2.24) is 5.32 Å². The lowest BCUT2D eigenvalue weighted by atomic mass is 9.78. The number of esters is 1. The number of fused-ring (bicyclic) bond motifs is 14. The fraction of sp³-hybridized carbons (Fsp3) is 0.486. The second kappa shape index (κ2) is 15.3. The number of carbonyl (C=O) groups is 5. The molecule has 1 aromatic carbocycles. The van der Waals surface area contributed by atoms with Crippen LogP contribution >= 0.6 is 0 Å². The normalized spacial score (nSPS) is 31.7. The zero-order valence-corrected chi connectivity index (χ0v) is 29.8. The average molecular weight is 712 g/mol. The van der Waals surface area contributed by atoms with E-state index in [-0.39, 0.29) is 22.4 Å². The number of aliphatic hydroxyl groups is 3. The number of Topliss-reactive ketones (excluding diaryl/α,β-unsaturated/α-hetero) is 2.